The second-order valence-electron chi connectivity index (χ2n) is 7.69. The summed E-state index contributed by atoms with van der Waals surface area (Å²) in [5, 5.41) is 41.4. The Bertz CT molecular complexity index is 1310. The van der Waals surface area contributed by atoms with E-state index in [0.717, 1.165) is 0 Å². The second-order valence-corrected chi connectivity index (χ2v) is 7.69. The Morgan fingerprint density at radius 2 is 2.06 bits per heavy atom. The van der Waals surface area contributed by atoms with Gasteiger partial charge in [-0.25, -0.2) is 9.97 Å². The minimum absolute atomic E-state index is 0.0200. The van der Waals surface area contributed by atoms with Crippen LogP contribution in [0.1, 0.15) is 18.7 Å². The molecule has 0 spiro atoms. The summed E-state index contributed by atoms with van der Waals surface area (Å²) in [4.78, 5) is 23.4. The molecule has 0 saturated carbocycles. The van der Waals surface area contributed by atoms with Crippen molar-refractivity contribution in [1.82, 2.24) is 29.7 Å². The predicted molar refractivity (Wildman–Crippen MR) is 116 cm³/mol. The number of hydrogen-bond acceptors (Lipinski definition) is 11. The molecule has 14 heteroatoms. The van der Waals surface area contributed by atoms with E-state index in [9.17, 15) is 20.3 Å². The number of rotatable bonds is 7. The number of anilines is 2. The van der Waals surface area contributed by atoms with Crippen molar-refractivity contribution in [3.05, 3.63) is 58.7 Å². The summed E-state index contributed by atoms with van der Waals surface area (Å²) in [6, 6.07) is 5.96. The average molecular weight is 468 g/mol. The SMILES string of the molecule is C[C@H]1O[C@@H](n2c(Nc3cn[nH]c3)nc3c(OCc4ccc([N+](=O)[O-])cc4)ncnc32)[C@H](O)[C@@H]1O. The van der Waals surface area contributed by atoms with Crippen molar-refractivity contribution in [1.29, 1.82) is 0 Å². The van der Waals surface area contributed by atoms with Gasteiger partial charge in [-0.1, -0.05) is 0 Å². The number of aliphatic hydroxyl groups excluding tert-OH is 2. The van der Waals surface area contributed by atoms with Gasteiger partial charge in [-0.15, -0.1) is 0 Å². The van der Waals surface area contributed by atoms with Crippen LogP contribution in [-0.2, 0) is 11.3 Å². The molecule has 4 atom stereocenters. The number of nitro benzene ring substituents is 1. The molecule has 4 aromatic rings. The van der Waals surface area contributed by atoms with Crippen LogP contribution in [0.25, 0.3) is 11.2 Å². The molecule has 3 aromatic heterocycles. The molecule has 0 radical (unpaired) electrons. The topological polar surface area (TPSA) is 186 Å². The minimum Gasteiger partial charge on any atom is -0.471 e. The first kappa shape index (κ1) is 21.7. The number of H-pyrrole nitrogens is 1. The van der Waals surface area contributed by atoms with Crippen LogP contribution in [0.2, 0.25) is 0 Å². The Balaban J connectivity index is 1.50. The maximum absolute atomic E-state index is 10.8. The largest absolute Gasteiger partial charge is 0.471 e. The zero-order valence-corrected chi connectivity index (χ0v) is 17.8. The van der Waals surface area contributed by atoms with Gasteiger partial charge in [0.1, 0.15) is 25.1 Å². The molecule has 4 N–H and O–H groups in total. The third-order valence-electron chi connectivity index (χ3n) is 5.45. The molecule has 0 unspecified atom stereocenters. The highest BCUT2D eigenvalue weighted by atomic mass is 16.6. The smallest absolute Gasteiger partial charge is 0.269 e. The molecule has 1 saturated heterocycles. The number of aromatic amines is 1. The van der Waals surface area contributed by atoms with Crippen LogP contribution >= 0.6 is 0 Å². The van der Waals surface area contributed by atoms with Crippen LogP contribution in [0.3, 0.4) is 0 Å². The summed E-state index contributed by atoms with van der Waals surface area (Å²) in [5.41, 5.74) is 1.87. The molecular weight excluding hydrogens is 448 g/mol. The van der Waals surface area contributed by atoms with Gasteiger partial charge in [-0.2, -0.15) is 10.1 Å². The molecule has 1 aliphatic rings. The fraction of sp³-hybridized carbons (Fsp3) is 0.300. The van der Waals surface area contributed by atoms with Crippen LogP contribution in [0.15, 0.2) is 43.0 Å². The number of nitrogens with zero attached hydrogens (tertiary/aromatic N) is 6. The lowest BCUT2D eigenvalue weighted by Crippen LogP contribution is -2.30. The van der Waals surface area contributed by atoms with Gasteiger partial charge in [0, 0.05) is 18.3 Å². The lowest BCUT2D eigenvalue weighted by molar-refractivity contribution is -0.384. The van der Waals surface area contributed by atoms with Crippen molar-refractivity contribution in [2.75, 3.05) is 5.32 Å². The lowest BCUT2D eigenvalue weighted by atomic mass is 10.1. The van der Waals surface area contributed by atoms with Crippen LogP contribution in [-0.4, -0.2) is 63.2 Å². The normalized spacial score (nSPS) is 22.2. The molecule has 1 aromatic carbocycles. The van der Waals surface area contributed by atoms with E-state index < -0.39 is 29.5 Å². The van der Waals surface area contributed by atoms with E-state index in [1.807, 2.05) is 0 Å². The molecule has 34 heavy (non-hydrogen) atoms. The second kappa shape index (κ2) is 8.66. The summed E-state index contributed by atoms with van der Waals surface area (Å²) >= 11 is 0. The third kappa shape index (κ3) is 3.89. The highest BCUT2D eigenvalue weighted by Crippen LogP contribution is 2.36. The van der Waals surface area contributed by atoms with Crippen molar-refractivity contribution >= 4 is 28.5 Å². The first-order chi connectivity index (χ1) is 16.4. The monoisotopic (exact) mass is 468 g/mol. The van der Waals surface area contributed by atoms with Crippen molar-refractivity contribution in [2.24, 2.45) is 0 Å². The number of nitro groups is 1. The Hall–Kier alpha value is -4.14. The van der Waals surface area contributed by atoms with Gasteiger partial charge in [0.05, 0.1) is 22.9 Å². The van der Waals surface area contributed by atoms with Crippen molar-refractivity contribution in [2.45, 2.75) is 38.1 Å². The number of ether oxygens (including phenoxy) is 2. The van der Waals surface area contributed by atoms with E-state index in [4.69, 9.17) is 9.47 Å². The molecule has 176 valence electrons. The summed E-state index contributed by atoms with van der Waals surface area (Å²) in [7, 11) is 0. The standard InChI is InChI=1S/C20H20N8O6/c1-10-15(29)16(30)19(34-10)27-17-14(26-20(27)25-12-6-23-24-7-12)18(22-9-21-17)33-8-11-2-4-13(5-3-11)28(31)32/h2-7,9-10,15-16,19,29-30H,8H2,1H3,(H,23,24)(H,25,26)/t10-,15-,16-,19-/m1/s1. The summed E-state index contributed by atoms with van der Waals surface area (Å²) in [6.07, 6.45) is 0.547. The van der Waals surface area contributed by atoms with Crippen LogP contribution in [0.5, 0.6) is 5.88 Å². The van der Waals surface area contributed by atoms with E-state index in [2.05, 4.69) is 30.5 Å². The Morgan fingerprint density at radius 3 is 2.71 bits per heavy atom. The van der Waals surface area contributed by atoms with Gasteiger partial charge < -0.3 is 25.0 Å². The van der Waals surface area contributed by atoms with E-state index in [0.29, 0.717) is 22.4 Å². The number of hydrogen-bond donors (Lipinski definition) is 4. The maximum atomic E-state index is 10.8. The third-order valence-corrected chi connectivity index (χ3v) is 5.45. The molecule has 0 amide bonds. The summed E-state index contributed by atoms with van der Waals surface area (Å²) in [5.74, 6) is 0.431. The number of imidazole rings is 1. The Morgan fingerprint density at radius 1 is 1.26 bits per heavy atom. The van der Waals surface area contributed by atoms with Gasteiger partial charge in [-0.05, 0) is 24.6 Å². The summed E-state index contributed by atoms with van der Waals surface area (Å²) < 4.78 is 13.2. The minimum atomic E-state index is -1.23. The molecule has 14 nitrogen and oxygen atoms in total. The van der Waals surface area contributed by atoms with Crippen molar-refractivity contribution in [3.63, 3.8) is 0 Å². The van der Waals surface area contributed by atoms with E-state index in [1.54, 1.807) is 31.5 Å². The molecule has 1 aliphatic heterocycles. The molecule has 1 fully saturated rings. The number of benzene rings is 1. The molecule has 5 rings (SSSR count). The number of aliphatic hydroxyl groups is 2. The maximum Gasteiger partial charge on any atom is 0.269 e. The zero-order valence-electron chi connectivity index (χ0n) is 17.8. The molecular formula is C20H20N8O6. The van der Waals surface area contributed by atoms with Crippen molar-refractivity contribution < 1.29 is 24.6 Å². The lowest BCUT2D eigenvalue weighted by Gasteiger charge is -2.19. The number of nitrogens with one attached hydrogen (secondary N) is 2. The quantitative estimate of drug-likeness (QED) is 0.227. The van der Waals surface area contributed by atoms with E-state index in [-0.39, 0.29) is 24.1 Å². The average Bonchev–Trinajstić information content (AvgIpc) is 3.53. The van der Waals surface area contributed by atoms with E-state index >= 15 is 0 Å². The Kier molecular flexibility index (Phi) is 5.53. The number of fused-ring (bicyclic) bond motifs is 1. The van der Waals surface area contributed by atoms with Gasteiger partial charge in [-0.3, -0.25) is 19.8 Å². The molecule has 4 heterocycles. The zero-order chi connectivity index (χ0) is 23.8. The van der Waals surface area contributed by atoms with Gasteiger partial charge in [0.15, 0.2) is 17.4 Å². The highest BCUT2D eigenvalue weighted by Gasteiger charge is 2.43. The fourth-order valence-electron chi connectivity index (χ4n) is 3.68. The van der Waals surface area contributed by atoms with Crippen LogP contribution < -0.4 is 10.1 Å². The predicted octanol–water partition coefficient (Wildman–Crippen LogP) is 1.42. The number of aromatic nitrogens is 6. The van der Waals surface area contributed by atoms with Gasteiger partial charge in [0.2, 0.25) is 11.8 Å². The first-order valence-corrected chi connectivity index (χ1v) is 10.3. The number of non-ortho nitro benzene ring substituents is 1. The van der Waals surface area contributed by atoms with Crippen LogP contribution in [0.4, 0.5) is 17.3 Å². The first-order valence-electron chi connectivity index (χ1n) is 10.3. The summed E-state index contributed by atoms with van der Waals surface area (Å²) in [6.45, 7) is 1.74. The molecule has 0 aliphatic carbocycles. The van der Waals surface area contributed by atoms with E-state index in [1.165, 1.54) is 23.0 Å². The van der Waals surface area contributed by atoms with Crippen molar-refractivity contribution in [3.8, 4) is 5.88 Å². The van der Waals surface area contributed by atoms with Gasteiger partial charge in [0.25, 0.3) is 5.69 Å². The fourth-order valence-corrected chi connectivity index (χ4v) is 3.68. The Labute approximate surface area is 191 Å². The molecule has 0 bridgehead atoms. The highest BCUT2D eigenvalue weighted by molar-refractivity contribution is 5.80. The van der Waals surface area contributed by atoms with Gasteiger partial charge >= 0.3 is 0 Å². The van der Waals surface area contributed by atoms with Crippen LogP contribution in [0, 0.1) is 10.1 Å².